The normalized spacial score (nSPS) is 20.4. The van der Waals surface area contributed by atoms with Crippen molar-refractivity contribution >= 4 is 40.2 Å². The van der Waals surface area contributed by atoms with E-state index in [9.17, 15) is 24.3 Å². The SMILES string of the molecule is CC(CO)NC(=O)CC1CC=CCC(Cc2ccccc2)C(=O)OCC(C(=O)Nc2ccc3ccccc3c2)NC1=O. The van der Waals surface area contributed by atoms with Crippen LogP contribution in [0, 0.1) is 11.8 Å². The Morgan fingerprint density at radius 3 is 2.38 bits per heavy atom. The molecule has 0 saturated heterocycles. The Morgan fingerprint density at radius 1 is 0.952 bits per heavy atom. The van der Waals surface area contributed by atoms with Gasteiger partial charge >= 0.3 is 5.97 Å². The molecule has 4 atom stereocenters. The molecule has 42 heavy (non-hydrogen) atoms. The monoisotopic (exact) mass is 571 g/mol. The molecule has 1 aliphatic heterocycles. The van der Waals surface area contributed by atoms with Gasteiger partial charge in [0.1, 0.15) is 12.6 Å². The lowest BCUT2D eigenvalue weighted by atomic mass is 9.94. The Balaban J connectivity index is 1.55. The first-order chi connectivity index (χ1) is 20.3. The number of esters is 1. The fraction of sp³-hybridized carbons (Fsp3) is 0.333. The smallest absolute Gasteiger partial charge is 0.309 e. The molecular weight excluding hydrogens is 534 g/mol. The number of allylic oxidation sites excluding steroid dienone is 2. The Bertz CT molecular complexity index is 1420. The van der Waals surface area contributed by atoms with E-state index in [-0.39, 0.29) is 32.0 Å². The van der Waals surface area contributed by atoms with Crippen molar-refractivity contribution < 1.29 is 29.0 Å². The third-order valence-electron chi connectivity index (χ3n) is 7.19. The van der Waals surface area contributed by atoms with Gasteiger partial charge in [0.05, 0.1) is 18.4 Å². The molecule has 1 heterocycles. The summed E-state index contributed by atoms with van der Waals surface area (Å²) in [5, 5.41) is 19.4. The number of benzene rings is 3. The van der Waals surface area contributed by atoms with Gasteiger partial charge in [-0.2, -0.15) is 0 Å². The average molecular weight is 572 g/mol. The fourth-order valence-corrected chi connectivity index (χ4v) is 4.82. The summed E-state index contributed by atoms with van der Waals surface area (Å²) in [6.07, 6.45) is 4.55. The Kier molecular flexibility index (Phi) is 10.8. The van der Waals surface area contributed by atoms with Crippen LogP contribution in [0.25, 0.3) is 10.8 Å². The summed E-state index contributed by atoms with van der Waals surface area (Å²) >= 11 is 0. The van der Waals surface area contributed by atoms with E-state index in [1.807, 2.05) is 72.8 Å². The maximum absolute atomic E-state index is 13.4. The van der Waals surface area contributed by atoms with E-state index in [2.05, 4.69) is 16.0 Å². The number of carbonyl (C=O) groups is 4. The largest absolute Gasteiger partial charge is 0.463 e. The van der Waals surface area contributed by atoms with Crippen LogP contribution in [0.4, 0.5) is 5.69 Å². The summed E-state index contributed by atoms with van der Waals surface area (Å²) in [6, 6.07) is 21.1. The first-order valence-electron chi connectivity index (χ1n) is 14.2. The van der Waals surface area contributed by atoms with E-state index in [0.717, 1.165) is 16.3 Å². The Labute approximate surface area is 245 Å². The summed E-state index contributed by atoms with van der Waals surface area (Å²) in [6.45, 7) is 1.07. The van der Waals surface area contributed by atoms with E-state index < -0.39 is 41.7 Å². The highest BCUT2D eigenvalue weighted by atomic mass is 16.5. The van der Waals surface area contributed by atoms with E-state index >= 15 is 0 Å². The Hall–Kier alpha value is -4.50. The second-order valence-corrected chi connectivity index (χ2v) is 10.6. The molecule has 3 aromatic carbocycles. The molecule has 0 fully saturated rings. The first kappa shape index (κ1) is 30.5. The van der Waals surface area contributed by atoms with Gasteiger partial charge < -0.3 is 25.8 Å². The van der Waals surface area contributed by atoms with Crippen LogP contribution in [0.5, 0.6) is 0 Å². The van der Waals surface area contributed by atoms with E-state index in [1.54, 1.807) is 19.1 Å². The van der Waals surface area contributed by atoms with Crippen molar-refractivity contribution in [3.8, 4) is 0 Å². The molecule has 0 bridgehead atoms. The van der Waals surface area contributed by atoms with Crippen LogP contribution in [0.1, 0.15) is 31.7 Å². The zero-order chi connectivity index (χ0) is 29.9. The van der Waals surface area contributed by atoms with Gasteiger partial charge in [0.15, 0.2) is 0 Å². The van der Waals surface area contributed by atoms with Crippen LogP contribution >= 0.6 is 0 Å². The van der Waals surface area contributed by atoms with Gasteiger partial charge in [-0.1, -0.05) is 72.8 Å². The molecule has 4 rings (SSSR count). The standard InChI is InChI=1S/C33H37N3O6/c1-22(20-37)34-30(38)19-26-13-7-8-14-27(17-23-9-3-2-4-10-23)33(41)42-21-29(36-31(26)39)32(40)35-28-16-15-24-11-5-6-12-25(24)18-28/h2-12,15-16,18,22,26-27,29,37H,13-14,17,19-21H2,1H3,(H,34,38)(H,35,40)(H,36,39). The van der Waals surface area contributed by atoms with Gasteiger partial charge in [-0.25, -0.2) is 0 Å². The van der Waals surface area contributed by atoms with Crippen LogP contribution in [-0.4, -0.2) is 54.1 Å². The molecule has 9 nitrogen and oxygen atoms in total. The second kappa shape index (κ2) is 14.9. The summed E-state index contributed by atoms with van der Waals surface area (Å²) in [7, 11) is 0. The highest BCUT2D eigenvalue weighted by Crippen LogP contribution is 2.21. The van der Waals surface area contributed by atoms with E-state index in [1.165, 1.54) is 0 Å². The molecule has 4 N–H and O–H groups in total. The molecule has 3 amide bonds. The average Bonchev–Trinajstić information content (AvgIpc) is 2.99. The molecule has 220 valence electrons. The summed E-state index contributed by atoms with van der Waals surface area (Å²) < 4.78 is 5.62. The van der Waals surface area contributed by atoms with Gasteiger partial charge in [0.25, 0.3) is 5.91 Å². The van der Waals surface area contributed by atoms with Gasteiger partial charge in [-0.05, 0) is 54.7 Å². The van der Waals surface area contributed by atoms with Crippen molar-refractivity contribution in [3.63, 3.8) is 0 Å². The van der Waals surface area contributed by atoms with Crippen molar-refractivity contribution in [1.82, 2.24) is 10.6 Å². The molecule has 3 aromatic rings. The fourth-order valence-electron chi connectivity index (χ4n) is 4.82. The molecular formula is C33H37N3O6. The lowest BCUT2D eigenvalue weighted by Crippen LogP contribution is -2.50. The Morgan fingerprint density at radius 2 is 1.64 bits per heavy atom. The maximum atomic E-state index is 13.4. The number of hydrogen-bond acceptors (Lipinski definition) is 6. The molecule has 0 saturated carbocycles. The van der Waals surface area contributed by atoms with Crippen LogP contribution in [0.15, 0.2) is 84.9 Å². The predicted molar refractivity (Wildman–Crippen MR) is 160 cm³/mol. The zero-order valence-corrected chi connectivity index (χ0v) is 23.6. The summed E-state index contributed by atoms with van der Waals surface area (Å²) in [5.74, 6) is -3.17. The number of fused-ring (bicyclic) bond motifs is 1. The van der Waals surface area contributed by atoms with E-state index in [4.69, 9.17) is 4.74 Å². The number of ether oxygens (including phenoxy) is 1. The first-order valence-corrected chi connectivity index (χ1v) is 14.2. The molecule has 0 spiro atoms. The number of aliphatic hydroxyl groups excluding tert-OH is 1. The van der Waals surface area contributed by atoms with E-state index in [0.29, 0.717) is 18.5 Å². The third-order valence-corrected chi connectivity index (χ3v) is 7.19. The lowest BCUT2D eigenvalue weighted by Gasteiger charge is -2.24. The quantitative estimate of drug-likeness (QED) is 0.242. The third kappa shape index (κ3) is 8.75. The van der Waals surface area contributed by atoms with Gasteiger partial charge in [0, 0.05) is 18.2 Å². The number of hydrogen-bond donors (Lipinski definition) is 4. The lowest BCUT2D eigenvalue weighted by molar-refractivity contribution is -0.150. The zero-order valence-electron chi connectivity index (χ0n) is 23.6. The minimum absolute atomic E-state index is 0.132. The number of aliphatic hydroxyl groups is 1. The van der Waals surface area contributed by atoms with Crippen LogP contribution in [0.2, 0.25) is 0 Å². The van der Waals surface area contributed by atoms with Gasteiger partial charge in [-0.3, -0.25) is 19.2 Å². The highest BCUT2D eigenvalue weighted by molar-refractivity contribution is 5.99. The molecule has 0 aliphatic carbocycles. The van der Waals surface area contributed by atoms with Gasteiger partial charge in [0.2, 0.25) is 11.8 Å². The minimum Gasteiger partial charge on any atom is -0.463 e. The number of rotatable bonds is 8. The van der Waals surface area contributed by atoms with Crippen LogP contribution < -0.4 is 16.0 Å². The molecule has 4 unspecified atom stereocenters. The molecule has 0 aromatic heterocycles. The topological polar surface area (TPSA) is 134 Å². The summed E-state index contributed by atoms with van der Waals surface area (Å²) in [4.78, 5) is 52.5. The number of cyclic esters (lactones) is 1. The maximum Gasteiger partial charge on any atom is 0.309 e. The van der Waals surface area contributed by atoms with Gasteiger partial charge in [-0.15, -0.1) is 0 Å². The number of anilines is 1. The van der Waals surface area contributed by atoms with Crippen molar-refractivity contribution in [2.45, 2.75) is 44.7 Å². The predicted octanol–water partition coefficient (Wildman–Crippen LogP) is 3.52. The van der Waals surface area contributed by atoms with Crippen molar-refractivity contribution in [1.29, 1.82) is 0 Å². The second-order valence-electron chi connectivity index (χ2n) is 10.6. The number of amides is 3. The number of nitrogens with one attached hydrogen (secondary N) is 3. The van der Waals surface area contributed by atoms with Crippen molar-refractivity contribution in [2.24, 2.45) is 11.8 Å². The minimum atomic E-state index is -1.18. The van der Waals surface area contributed by atoms with Crippen molar-refractivity contribution in [2.75, 3.05) is 18.5 Å². The molecule has 0 radical (unpaired) electrons. The highest BCUT2D eigenvalue weighted by Gasteiger charge is 2.30. The van der Waals surface area contributed by atoms with Crippen molar-refractivity contribution in [3.05, 3.63) is 90.5 Å². The molecule has 9 heteroatoms. The summed E-state index contributed by atoms with van der Waals surface area (Å²) in [5.41, 5.74) is 1.51. The molecule has 1 aliphatic rings. The number of carbonyl (C=O) groups excluding carboxylic acids is 4. The van der Waals surface area contributed by atoms with Crippen LogP contribution in [0.3, 0.4) is 0 Å². The van der Waals surface area contributed by atoms with Crippen LogP contribution in [-0.2, 0) is 30.3 Å².